The van der Waals surface area contributed by atoms with Crippen LogP contribution in [0, 0.1) is 6.92 Å². The third-order valence-corrected chi connectivity index (χ3v) is 3.07. The first-order chi connectivity index (χ1) is 9.52. The Hall–Kier alpha value is -2.69. The van der Waals surface area contributed by atoms with E-state index in [0.717, 1.165) is 5.56 Å². The van der Waals surface area contributed by atoms with Crippen LogP contribution in [0.2, 0.25) is 0 Å². The molecule has 0 unspecified atom stereocenters. The van der Waals surface area contributed by atoms with Gasteiger partial charge in [0.05, 0.1) is 12.7 Å². The molecular weight excluding hydrogens is 256 g/mol. The molecule has 0 heterocycles. The molecule has 0 radical (unpaired) electrons. The fraction of sp³-hybridized carbons (Fsp3) is 0.133. The van der Waals surface area contributed by atoms with Crippen LogP contribution in [0.1, 0.15) is 15.9 Å². The Kier molecular flexibility index (Phi) is 3.79. The first kappa shape index (κ1) is 13.7. The van der Waals surface area contributed by atoms with Crippen molar-refractivity contribution in [1.29, 1.82) is 0 Å². The number of amides is 1. The maximum atomic E-state index is 12.1. The number of hydrogen-bond donors (Lipinski definition) is 3. The molecule has 20 heavy (non-hydrogen) atoms. The van der Waals surface area contributed by atoms with E-state index < -0.39 is 5.91 Å². The second kappa shape index (κ2) is 5.52. The van der Waals surface area contributed by atoms with E-state index in [1.165, 1.54) is 19.2 Å². The molecule has 2 aromatic rings. The van der Waals surface area contributed by atoms with Crippen molar-refractivity contribution >= 4 is 17.3 Å². The van der Waals surface area contributed by atoms with Crippen molar-refractivity contribution in [3.05, 3.63) is 47.5 Å². The molecule has 5 heteroatoms. The van der Waals surface area contributed by atoms with Gasteiger partial charge in [0.25, 0.3) is 5.91 Å². The lowest BCUT2D eigenvalue weighted by atomic mass is 10.1. The number of phenols is 1. The number of phenolic OH excluding ortho intramolecular Hbond substituents is 1. The molecule has 104 valence electrons. The summed E-state index contributed by atoms with van der Waals surface area (Å²) in [5, 5.41) is 12.6. The van der Waals surface area contributed by atoms with Crippen LogP contribution in [0.25, 0.3) is 0 Å². The summed E-state index contributed by atoms with van der Waals surface area (Å²) in [4.78, 5) is 12.1. The molecule has 0 atom stereocenters. The van der Waals surface area contributed by atoms with Gasteiger partial charge in [-0.3, -0.25) is 4.79 Å². The number of methoxy groups -OCH3 is 1. The number of nitrogens with one attached hydrogen (secondary N) is 1. The van der Waals surface area contributed by atoms with Crippen LogP contribution in [0.5, 0.6) is 11.5 Å². The standard InChI is InChI=1S/C15H16N2O3/c1-9-12(16)4-3-5-13(9)17-15(19)11-7-6-10(20-2)8-14(11)18/h3-8,18H,16H2,1-2H3,(H,17,19). The number of anilines is 2. The van der Waals surface area contributed by atoms with Crippen LogP contribution >= 0.6 is 0 Å². The average Bonchev–Trinajstić information content (AvgIpc) is 2.43. The monoisotopic (exact) mass is 272 g/mol. The highest BCUT2D eigenvalue weighted by Gasteiger charge is 2.13. The van der Waals surface area contributed by atoms with Gasteiger partial charge in [-0.25, -0.2) is 0 Å². The van der Waals surface area contributed by atoms with Gasteiger partial charge in [0.15, 0.2) is 0 Å². The van der Waals surface area contributed by atoms with Gasteiger partial charge in [-0.15, -0.1) is 0 Å². The van der Waals surface area contributed by atoms with E-state index >= 15 is 0 Å². The molecular formula is C15H16N2O3. The zero-order valence-corrected chi connectivity index (χ0v) is 11.3. The zero-order chi connectivity index (χ0) is 14.7. The summed E-state index contributed by atoms with van der Waals surface area (Å²) in [6, 6.07) is 9.78. The maximum absolute atomic E-state index is 12.1. The van der Waals surface area contributed by atoms with Gasteiger partial charge in [-0.1, -0.05) is 6.07 Å². The molecule has 0 aliphatic carbocycles. The van der Waals surface area contributed by atoms with Crippen molar-refractivity contribution in [3.63, 3.8) is 0 Å². The Morgan fingerprint density at radius 3 is 2.70 bits per heavy atom. The van der Waals surface area contributed by atoms with Crippen molar-refractivity contribution < 1.29 is 14.6 Å². The second-order valence-electron chi connectivity index (χ2n) is 4.36. The summed E-state index contributed by atoms with van der Waals surface area (Å²) in [6.07, 6.45) is 0. The molecule has 4 N–H and O–H groups in total. The highest BCUT2D eigenvalue weighted by molar-refractivity contribution is 6.06. The van der Waals surface area contributed by atoms with Crippen molar-refractivity contribution in [1.82, 2.24) is 0 Å². The summed E-state index contributed by atoms with van der Waals surface area (Å²) in [7, 11) is 1.49. The van der Waals surface area contributed by atoms with Crippen molar-refractivity contribution in [2.24, 2.45) is 0 Å². The molecule has 0 bridgehead atoms. The lowest BCUT2D eigenvalue weighted by Crippen LogP contribution is -2.13. The van der Waals surface area contributed by atoms with Crippen LogP contribution in [0.15, 0.2) is 36.4 Å². The fourth-order valence-electron chi connectivity index (χ4n) is 1.81. The summed E-state index contributed by atoms with van der Waals surface area (Å²) in [5.74, 6) is -0.0542. The SMILES string of the molecule is COc1ccc(C(=O)Nc2cccc(N)c2C)c(O)c1. The minimum Gasteiger partial charge on any atom is -0.507 e. The van der Waals surface area contributed by atoms with Gasteiger partial charge < -0.3 is 20.9 Å². The van der Waals surface area contributed by atoms with E-state index in [4.69, 9.17) is 10.5 Å². The van der Waals surface area contributed by atoms with Gasteiger partial charge in [-0.2, -0.15) is 0 Å². The topological polar surface area (TPSA) is 84.6 Å². The Bertz CT molecular complexity index is 654. The number of carbonyl (C=O) groups is 1. The van der Waals surface area contributed by atoms with Gasteiger partial charge in [-0.05, 0) is 36.8 Å². The summed E-state index contributed by atoms with van der Waals surface area (Å²) < 4.78 is 4.97. The maximum Gasteiger partial charge on any atom is 0.259 e. The van der Waals surface area contributed by atoms with Gasteiger partial charge >= 0.3 is 0 Å². The van der Waals surface area contributed by atoms with Crippen LogP contribution in [-0.4, -0.2) is 18.1 Å². The van der Waals surface area contributed by atoms with E-state index in [1.807, 2.05) is 6.92 Å². The molecule has 2 aromatic carbocycles. The zero-order valence-electron chi connectivity index (χ0n) is 11.3. The number of aromatic hydroxyl groups is 1. The minimum atomic E-state index is -0.404. The molecule has 1 amide bonds. The van der Waals surface area contributed by atoms with Crippen molar-refractivity contribution in [2.45, 2.75) is 6.92 Å². The number of ether oxygens (including phenoxy) is 1. The highest BCUT2D eigenvalue weighted by atomic mass is 16.5. The Morgan fingerprint density at radius 2 is 2.05 bits per heavy atom. The van der Waals surface area contributed by atoms with Gasteiger partial charge in [0, 0.05) is 17.4 Å². The molecule has 0 aromatic heterocycles. The number of nitrogen functional groups attached to an aromatic ring is 1. The highest BCUT2D eigenvalue weighted by Crippen LogP contribution is 2.26. The Morgan fingerprint density at radius 1 is 1.30 bits per heavy atom. The van der Waals surface area contributed by atoms with E-state index in [1.54, 1.807) is 24.3 Å². The number of rotatable bonds is 3. The lowest BCUT2D eigenvalue weighted by Gasteiger charge is -2.11. The predicted octanol–water partition coefficient (Wildman–Crippen LogP) is 2.54. The van der Waals surface area contributed by atoms with Crippen molar-refractivity contribution in [2.75, 3.05) is 18.2 Å². The molecule has 0 saturated heterocycles. The van der Waals surface area contributed by atoms with E-state index in [-0.39, 0.29) is 11.3 Å². The van der Waals surface area contributed by atoms with E-state index in [9.17, 15) is 9.90 Å². The molecule has 0 spiro atoms. The van der Waals surface area contributed by atoms with E-state index in [2.05, 4.69) is 5.32 Å². The first-order valence-corrected chi connectivity index (χ1v) is 6.06. The van der Waals surface area contributed by atoms with E-state index in [0.29, 0.717) is 17.1 Å². The van der Waals surface area contributed by atoms with Crippen LogP contribution in [0.3, 0.4) is 0 Å². The third-order valence-electron chi connectivity index (χ3n) is 3.07. The van der Waals surface area contributed by atoms with Crippen molar-refractivity contribution in [3.8, 4) is 11.5 Å². The average molecular weight is 272 g/mol. The second-order valence-corrected chi connectivity index (χ2v) is 4.36. The lowest BCUT2D eigenvalue weighted by molar-refractivity contribution is 0.102. The molecule has 0 aliphatic heterocycles. The Labute approximate surface area is 117 Å². The van der Waals surface area contributed by atoms with Crippen LogP contribution in [0.4, 0.5) is 11.4 Å². The molecule has 0 fully saturated rings. The third kappa shape index (κ3) is 2.66. The van der Waals surface area contributed by atoms with Crippen LogP contribution < -0.4 is 15.8 Å². The number of nitrogens with two attached hydrogens (primary N) is 1. The Balaban J connectivity index is 2.26. The molecule has 0 aliphatic rings. The number of carbonyl (C=O) groups excluding carboxylic acids is 1. The largest absolute Gasteiger partial charge is 0.507 e. The quantitative estimate of drug-likeness (QED) is 0.750. The number of hydrogen-bond acceptors (Lipinski definition) is 4. The predicted molar refractivity (Wildman–Crippen MR) is 78.2 cm³/mol. The molecule has 5 nitrogen and oxygen atoms in total. The summed E-state index contributed by atoms with van der Waals surface area (Å²) in [6.45, 7) is 1.82. The van der Waals surface area contributed by atoms with Crippen LogP contribution in [-0.2, 0) is 0 Å². The number of benzene rings is 2. The normalized spacial score (nSPS) is 10.1. The first-order valence-electron chi connectivity index (χ1n) is 6.06. The van der Waals surface area contributed by atoms with Gasteiger partial charge in [0.1, 0.15) is 11.5 Å². The fourth-order valence-corrected chi connectivity index (χ4v) is 1.81. The summed E-state index contributed by atoms with van der Waals surface area (Å²) >= 11 is 0. The summed E-state index contributed by atoms with van der Waals surface area (Å²) in [5.41, 5.74) is 7.96. The minimum absolute atomic E-state index is 0.136. The molecule has 0 saturated carbocycles. The smallest absolute Gasteiger partial charge is 0.259 e. The van der Waals surface area contributed by atoms with Gasteiger partial charge in [0.2, 0.25) is 0 Å². The molecule has 2 rings (SSSR count).